The van der Waals surface area contributed by atoms with Crippen LogP contribution < -0.4 is 14.8 Å². The van der Waals surface area contributed by atoms with Crippen LogP contribution in [0.25, 0.3) is 0 Å². The van der Waals surface area contributed by atoms with Crippen LogP contribution in [0.2, 0.25) is 0 Å². The second-order valence-electron chi connectivity index (χ2n) is 14.2. The van der Waals surface area contributed by atoms with E-state index in [-0.39, 0.29) is 11.9 Å². The zero-order chi connectivity index (χ0) is 40.3. The van der Waals surface area contributed by atoms with Gasteiger partial charge in [0.25, 0.3) is 0 Å². The number of hydrogen-bond acceptors (Lipinski definition) is 8. The highest BCUT2D eigenvalue weighted by atomic mass is 16.5. The molecule has 2 aromatic rings. The molecule has 1 amide bonds. The van der Waals surface area contributed by atoms with Gasteiger partial charge in [-0.2, -0.15) is 5.10 Å². The fourth-order valence-electron chi connectivity index (χ4n) is 5.92. The number of hydrazone groups is 1. The van der Waals surface area contributed by atoms with Gasteiger partial charge in [0.05, 0.1) is 17.4 Å². The van der Waals surface area contributed by atoms with Crippen LogP contribution >= 0.6 is 0 Å². The van der Waals surface area contributed by atoms with Crippen LogP contribution in [0.3, 0.4) is 0 Å². The first-order valence-corrected chi connectivity index (χ1v) is 19.8. The van der Waals surface area contributed by atoms with Crippen molar-refractivity contribution in [3.05, 3.63) is 107 Å². The summed E-state index contributed by atoms with van der Waals surface area (Å²) in [7, 11) is 4.00. The number of amidine groups is 1. The number of anilines is 1. The number of carbonyl (C=O) groups is 1. The van der Waals surface area contributed by atoms with E-state index in [1.807, 2.05) is 126 Å². The molecule has 10 heteroatoms. The minimum absolute atomic E-state index is 0.0318. The van der Waals surface area contributed by atoms with Crippen LogP contribution in [0.4, 0.5) is 5.69 Å². The lowest BCUT2D eigenvalue weighted by Crippen LogP contribution is -2.43. The lowest BCUT2D eigenvalue weighted by Gasteiger charge is -2.31. The van der Waals surface area contributed by atoms with Gasteiger partial charge in [-0.25, -0.2) is 15.0 Å². The highest BCUT2D eigenvalue weighted by molar-refractivity contribution is 6.08. The molecule has 2 unspecified atom stereocenters. The van der Waals surface area contributed by atoms with Crippen LogP contribution in [-0.2, 0) is 4.79 Å². The molecule has 0 radical (unpaired) electrons. The molecule has 0 saturated carbocycles. The third kappa shape index (κ3) is 14.0. The maximum absolute atomic E-state index is 13.5. The number of ether oxygens (including phenoxy) is 2. The molecule has 10 nitrogen and oxygen atoms in total. The molecule has 0 fully saturated rings. The second kappa shape index (κ2) is 23.1. The fourth-order valence-corrected chi connectivity index (χ4v) is 5.92. The number of nitrogens with one attached hydrogen (secondary N) is 1. The highest BCUT2D eigenvalue weighted by Crippen LogP contribution is 2.28. The number of benzene rings is 1. The highest BCUT2D eigenvalue weighted by Gasteiger charge is 2.23. The van der Waals surface area contributed by atoms with Crippen LogP contribution in [-0.4, -0.2) is 77.6 Å². The van der Waals surface area contributed by atoms with Crippen molar-refractivity contribution in [3.63, 3.8) is 0 Å². The lowest BCUT2D eigenvalue weighted by atomic mass is 10.0. The Kier molecular flexibility index (Phi) is 18.6. The monoisotopic (exact) mass is 752 g/mol. The van der Waals surface area contributed by atoms with E-state index in [0.29, 0.717) is 37.2 Å². The Morgan fingerprint density at radius 3 is 2.47 bits per heavy atom. The van der Waals surface area contributed by atoms with Gasteiger partial charge < -0.3 is 24.6 Å². The molecule has 2 heterocycles. The van der Waals surface area contributed by atoms with Gasteiger partial charge in [0.1, 0.15) is 29.6 Å². The Hall–Kier alpha value is -4.96. The second-order valence-corrected chi connectivity index (χ2v) is 14.2. The predicted octanol–water partition coefficient (Wildman–Crippen LogP) is 9.72. The molecule has 3 rings (SSSR count). The molecule has 0 aliphatic carbocycles. The number of carbonyl (C=O) groups excluding carboxylic acids is 1. The quantitative estimate of drug-likeness (QED) is 0.0818. The Bertz CT molecular complexity index is 1770. The summed E-state index contributed by atoms with van der Waals surface area (Å²) in [6.45, 7) is 20.4. The molecule has 1 aliphatic rings. The minimum atomic E-state index is -0.0681. The van der Waals surface area contributed by atoms with Crippen molar-refractivity contribution in [1.82, 2.24) is 19.8 Å². The van der Waals surface area contributed by atoms with Crippen molar-refractivity contribution in [2.24, 2.45) is 16.0 Å². The van der Waals surface area contributed by atoms with Crippen molar-refractivity contribution in [2.75, 3.05) is 39.1 Å². The van der Waals surface area contributed by atoms with Gasteiger partial charge in [-0.05, 0) is 122 Å². The first-order chi connectivity index (χ1) is 26.4. The Morgan fingerprint density at radius 1 is 1.04 bits per heavy atom. The third-order valence-corrected chi connectivity index (χ3v) is 9.41. The van der Waals surface area contributed by atoms with Crippen LogP contribution in [0.5, 0.6) is 11.5 Å². The van der Waals surface area contributed by atoms with Gasteiger partial charge in [0.2, 0.25) is 5.91 Å². The van der Waals surface area contributed by atoms with Crippen molar-refractivity contribution >= 4 is 23.6 Å². The fraction of sp³-hybridized carbons (Fsp3) is 0.467. The van der Waals surface area contributed by atoms with Gasteiger partial charge in [-0.1, -0.05) is 52.3 Å². The summed E-state index contributed by atoms with van der Waals surface area (Å²) in [6.07, 6.45) is 21.8. The molecular formula is C45H65N7O3. The average molecular weight is 752 g/mol. The molecule has 1 aromatic carbocycles. The van der Waals surface area contributed by atoms with E-state index >= 15 is 0 Å². The maximum Gasteiger partial charge on any atom is 0.246 e. The summed E-state index contributed by atoms with van der Waals surface area (Å²) in [6, 6.07) is 7.94. The predicted molar refractivity (Wildman–Crippen MR) is 230 cm³/mol. The summed E-state index contributed by atoms with van der Waals surface area (Å²) in [5.74, 6) is 3.48. The van der Waals surface area contributed by atoms with Gasteiger partial charge in [0, 0.05) is 49.5 Å². The number of allylic oxidation sites excluding steroid dienone is 4. The number of nitrogens with zero attached hydrogens (tertiary/aromatic N) is 6. The SMILES string of the molecule is CC=C1C=C(Oc2ccc(NC(=N/C=C/CC)c3nc(C)c(OCC(CC)N(CCCC(C)CC)C(=O)/C=C/CN(C)C)cc3C)cc2C)C=CN1/N=C\C. The van der Waals surface area contributed by atoms with Crippen LogP contribution in [0.1, 0.15) is 96.2 Å². The van der Waals surface area contributed by atoms with Gasteiger partial charge >= 0.3 is 0 Å². The number of pyridine rings is 1. The number of amides is 1. The number of aromatic nitrogens is 1. The van der Waals surface area contributed by atoms with Crippen molar-refractivity contribution in [3.8, 4) is 11.5 Å². The molecule has 1 aliphatic heterocycles. The molecule has 0 bridgehead atoms. The number of aryl methyl sites for hydroxylation is 3. The molecule has 1 aromatic heterocycles. The first-order valence-electron chi connectivity index (χ1n) is 19.8. The largest absolute Gasteiger partial charge is 0.490 e. The smallest absolute Gasteiger partial charge is 0.246 e. The molecule has 1 N–H and O–H groups in total. The molecule has 55 heavy (non-hydrogen) atoms. The van der Waals surface area contributed by atoms with E-state index in [1.54, 1.807) is 17.3 Å². The van der Waals surface area contributed by atoms with Gasteiger partial charge in [-0.15, -0.1) is 0 Å². The summed E-state index contributed by atoms with van der Waals surface area (Å²) >= 11 is 0. The van der Waals surface area contributed by atoms with Crippen molar-refractivity contribution in [1.29, 1.82) is 0 Å². The summed E-state index contributed by atoms with van der Waals surface area (Å²) in [5.41, 5.74) is 5.17. The Balaban J connectivity index is 1.82. The van der Waals surface area contributed by atoms with Crippen LogP contribution in [0.15, 0.2) is 94.7 Å². The normalized spacial score (nSPS) is 15.4. The first kappa shape index (κ1) is 44.4. The molecular weight excluding hydrogens is 687 g/mol. The number of aliphatic imine (C=N–C) groups is 1. The Labute approximate surface area is 331 Å². The molecule has 0 spiro atoms. The summed E-state index contributed by atoms with van der Waals surface area (Å²) in [4.78, 5) is 27.3. The topological polar surface area (TPSA) is 94.9 Å². The van der Waals surface area contributed by atoms with E-state index in [4.69, 9.17) is 19.5 Å². The van der Waals surface area contributed by atoms with Crippen molar-refractivity contribution < 1.29 is 14.3 Å². The van der Waals surface area contributed by atoms with Crippen LogP contribution in [0, 0.1) is 26.7 Å². The summed E-state index contributed by atoms with van der Waals surface area (Å²) in [5, 5.41) is 9.68. The van der Waals surface area contributed by atoms with E-state index in [2.05, 4.69) is 38.1 Å². The van der Waals surface area contributed by atoms with Gasteiger partial charge in [0.15, 0.2) is 5.84 Å². The van der Waals surface area contributed by atoms with Gasteiger partial charge in [-0.3, -0.25) is 4.79 Å². The lowest BCUT2D eigenvalue weighted by molar-refractivity contribution is -0.129. The third-order valence-electron chi connectivity index (χ3n) is 9.41. The average Bonchev–Trinajstić information content (AvgIpc) is 3.16. The van der Waals surface area contributed by atoms with E-state index in [1.165, 1.54) is 0 Å². The molecule has 2 atom stereocenters. The van der Waals surface area contributed by atoms with Crippen molar-refractivity contribution in [2.45, 2.75) is 100 Å². The number of rotatable bonds is 20. The number of likely N-dealkylation sites (N-methyl/N-ethyl adjacent to an activating group) is 1. The molecule has 298 valence electrons. The zero-order valence-electron chi connectivity index (χ0n) is 35.2. The standard InChI is InChI=1S/C45H65N7O3/c1-12-17-25-46-45(49-37-22-23-41(34(7)29-37)55-40-24-28-52(47-16-5)38(14-3)31-40)44-35(8)30-42(36(9)48-44)54-32-39(15-4)51(27-18-20-33(6)13-2)43(53)21-19-26-50(10)11/h14,16-17,19,21-25,28-31,33,39H,12-13,15,18,20,26-27,32H2,1-11H3,(H,46,49)/b21-19+,25-17+,38-14?,47-16-. The van der Waals surface area contributed by atoms with E-state index in [9.17, 15) is 4.79 Å². The maximum atomic E-state index is 13.5. The van der Waals surface area contributed by atoms with E-state index in [0.717, 1.165) is 77.5 Å². The molecule has 0 saturated heterocycles. The Morgan fingerprint density at radius 2 is 1.82 bits per heavy atom. The zero-order valence-corrected chi connectivity index (χ0v) is 35.2. The van der Waals surface area contributed by atoms with E-state index < -0.39 is 0 Å². The number of hydrogen-bond donors (Lipinski definition) is 1. The minimum Gasteiger partial charge on any atom is -0.490 e. The summed E-state index contributed by atoms with van der Waals surface area (Å²) < 4.78 is 12.8.